The standard InChI is InChI=1S/C13H14FN3OS/c1-8-5-12(18)17-13(16-8)19-11-4-3-10(14)6-9(11)7-15-2/h3-6,15H,7H2,1-2H3,(H,16,17,18). The second-order valence-corrected chi connectivity index (χ2v) is 5.11. The molecule has 0 aliphatic heterocycles. The Hall–Kier alpha value is -1.66. The van der Waals surface area contributed by atoms with Crippen LogP contribution in [0.2, 0.25) is 0 Å². The van der Waals surface area contributed by atoms with Crippen molar-refractivity contribution >= 4 is 11.8 Å². The van der Waals surface area contributed by atoms with E-state index in [1.807, 2.05) is 0 Å². The van der Waals surface area contributed by atoms with E-state index < -0.39 is 0 Å². The molecular formula is C13H14FN3OS. The van der Waals surface area contributed by atoms with Gasteiger partial charge in [-0.15, -0.1) is 0 Å². The predicted octanol–water partition coefficient (Wildman–Crippen LogP) is 2.09. The van der Waals surface area contributed by atoms with Crippen LogP contribution in [0.25, 0.3) is 0 Å². The average molecular weight is 279 g/mol. The summed E-state index contributed by atoms with van der Waals surface area (Å²) in [4.78, 5) is 19.2. The zero-order chi connectivity index (χ0) is 13.8. The lowest BCUT2D eigenvalue weighted by atomic mass is 10.2. The number of halogens is 1. The van der Waals surface area contributed by atoms with Crippen molar-refractivity contribution in [2.75, 3.05) is 7.05 Å². The minimum atomic E-state index is -0.278. The molecule has 0 spiro atoms. The van der Waals surface area contributed by atoms with Crippen LogP contribution < -0.4 is 10.9 Å². The SMILES string of the molecule is CNCc1cc(F)ccc1Sc1nc(C)cc(=O)[nH]1. The van der Waals surface area contributed by atoms with Crippen molar-refractivity contribution in [2.45, 2.75) is 23.5 Å². The van der Waals surface area contributed by atoms with E-state index in [1.165, 1.54) is 30.0 Å². The number of aromatic nitrogens is 2. The largest absolute Gasteiger partial charge is 0.316 e. The Balaban J connectivity index is 2.34. The van der Waals surface area contributed by atoms with Crippen molar-refractivity contribution in [3.8, 4) is 0 Å². The summed E-state index contributed by atoms with van der Waals surface area (Å²) in [6, 6.07) is 6.00. The van der Waals surface area contributed by atoms with Gasteiger partial charge < -0.3 is 10.3 Å². The van der Waals surface area contributed by atoms with E-state index in [9.17, 15) is 9.18 Å². The Morgan fingerprint density at radius 1 is 1.42 bits per heavy atom. The molecule has 0 amide bonds. The highest BCUT2D eigenvalue weighted by Gasteiger charge is 2.07. The number of nitrogens with one attached hydrogen (secondary N) is 2. The number of H-pyrrole nitrogens is 1. The molecule has 19 heavy (non-hydrogen) atoms. The summed E-state index contributed by atoms with van der Waals surface area (Å²) in [7, 11) is 1.80. The molecular weight excluding hydrogens is 265 g/mol. The fraction of sp³-hybridized carbons (Fsp3) is 0.231. The number of nitrogens with zero attached hydrogens (tertiary/aromatic N) is 1. The van der Waals surface area contributed by atoms with Gasteiger partial charge in [0.1, 0.15) is 5.82 Å². The Labute approximate surface area is 114 Å². The number of aryl methyl sites for hydroxylation is 1. The second-order valence-electron chi connectivity index (χ2n) is 4.08. The highest BCUT2D eigenvalue weighted by atomic mass is 32.2. The van der Waals surface area contributed by atoms with Crippen molar-refractivity contribution in [1.82, 2.24) is 15.3 Å². The van der Waals surface area contributed by atoms with Gasteiger partial charge >= 0.3 is 0 Å². The van der Waals surface area contributed by atoms with Gasteiger partial charge in [-0.05, 0) is 37.7 Å². The molecule has 0 fully saturated rings. The predicted molar refractivity (Wildman–Crippen MR) is 72.9 cm³/mol. The molecule has 4 nitrogen and oxygen atoms in total. The molecule has 1 heterocycles. The summed E-state index contributed by atoms with van der Waals surface area (Å²) in [5.74, 6) is -0.278. The molecule has 0 saturated carbocycles. The number of hydrogen-bond donors (Lipinski definition) is 2. The fourth-order valence-corrected chi connectivity index (χ4v) is 2.63. The maximum absolute atomic E-state index is 13.2. The molecule has 1 aromatic carbocycles. The van der Waals surface area contributed by atoms with Crippen molar-refractivity contribution in [2.24, 2.45) is 0 Å². The van der Waals surface area contributed by atoms with Crippen LogP contribution in [0, 0.1) is 12.7 Å². The minimum Gasteiger partial charge on any atom is -0.316 e. The number of benzene rings is 1. The molecule has 2 aromatic rings. The highest BCUT2D eigenvalue weighted by molar-refractivity contribution is 7.99. The number of hydrogen-bond acceptors (Lipinski definition) is 4. The van der Waals surface area contributed by atoms with E-state index in [4.69, 9.17) is 0 Å². The number of rotatable bonds is 4. The summed E-state index contributed by atoms with van der Waals surface area (Å²) in [5, 5.41) is 3.50. The summed E-state index contributed by atoms with van der Waals surface area (Å²) >= 11 is 1.32. The van der Waals surface area contributed by atoms with E-state index in [-0.39, 0.29) is 11.4 Å². The van der Waals surface area contributed by atoms with Crippen LogP contribution in [-0.4, -0.2) is 17.0 Å². The normalized spacial score (nSPS) is 10.7. The van der Waals surface area contributed by atoms with Gasteiger partial charge in [0.05, 0.1) is 0 Å². The van der Waals surface area contributed by atoms with Crippen molar-refractivity contribution < 1.29 is 4.39 Å². The van der Waals surface area contributed by atoms with Crippen LogP contribution in [-0.2, 0) is 6.54 Å². The van der Waals surface area contributed by atoms with Gasteiger partial charge in [-0.2, -0.15) is 0 Å². The zero-order valence-corrected chi connectivity index (χ0v) is 11.5. The molecule has 0 aliphatic carbocycles. The van der Waals surface area contributed by atoms with Crippen molar-refractivity contribution in [3.05, 3.63) is 51.7 Å². The maximum Gasteiger partial charge on any atom is 0.251 e. The molecule has 100 valence electrons. The minimum absolute atomic E-state index is 0.188. The Bertz CT molecular complexity index is 642. The van der Waals surface area contributed by atoms with Gasteiger partial charge in [-0.25, -0.2) is 9.37 Å². The Morgan fingerprint density at radius 3 is 2.89 bits per heavy atom. The van der Waals surface area contributed by atoms with E-state index >= 15 is 0 Å². The molecule has 0 atom stereocenters. The molecule has 0 saturated heterocycles. The first-order valence-corrected chi connectivity index (χ1v) is 6.59. The van der Waals surface area contributed by atoms with Crippen molar-refractivity contribution in [3.63, 3.8) is 0 Å². The monoisotopic (exact) mass is 279 g/mol. The Morgan fingerprint density at radius 2 is 2.21 bits per heavy atom. The number of aromatic amines is 1. The first-order valence-electron chi connectivity index (χ1n) is 5.77. The fourth-order valence-electron chi connectivity index (χ4n) is 1.68. The summed E-state index contributed by atoms with van der Waals surface area (Å²) < 4.78 is 13.2. The lowest BCUT2D eigenvalue weighted by Crippen LogP contribution is -2.09. The molecule has 0 radical (unpaired) electrons. The average Bonchev–Trinajstić information content (AvgIpc) is 2.32. The third kappa shape index (κ3) is 3.65. The smallest absolute Gasteiger partial charge is 0.251 e. The van der Waals surface area contributed by atoms with Gasteiger partial charge in [0.25, 0.3) is 5.56 Å². The maximum atomic E-state index is 13.2. The van der Waals surface area contributed by atoms with E-state index in [2.05, 4.69) is 15.3 Å². The lowest BCUT2D eigenvalue weighted by molar-refractivity contribution is 0.621. The molecule has 6 heteroatoms. The quantitative estimate of drug-likeness (QED) is 0.841. The lowest BCUT2D eigenvalue weighted by Gasteiger charge is -2.08. The van der Waals surface area contributed by atoms with Crippen LogP contribution in [0.15, 0.2) is 39.1 Å². The Kier molecular flexibility index (Phi) is 4.34. The second kappa shape index (κ2) is 5.99. The third-order valence-corrected chi connectivity index (χ3v) is 3.45. The highest BCUT2D eigenvalue weighted by Crippen LogP contribution is 2.28. The molecule has 0 bridgehead atoms. The molecule has 2 rings (SSSR count). The topological polar surface area (TPSA) is 57.8 Å². The van der Waals surface area contributed by atoms with E-state index in [0.29, 0.717) is 17.4 Å². The van der Waals surface area contributed by atoms with Crippen molar-refractivity contribution in [1.29, 1.82) is 0 Å². The van der Waals surface area contributed by atoms with Gasteiger partial charge in [-0.1, -0.05) is 11.8 Å². The van der Waals surface area contributed by atoms with Crippen LogP contribution in [0.3, 0.4) is 0 Å². The van der Waals surface area contributed by atoms with Crippen LogP contribution in [0.5, 0.6) is 0 Å². The van der Waals surface area contributed by atoms with Gasteiger partial charge in [0, 0.05) is 23.2 Å². The summed E-state index contributed by atoms with van der Waals surface area (Å²) in [6.45, 7) is 2.31. The van der Waals surface area contributed by atoms with E-state index in [0.717, 1.165) is 10.5 Å². The summed E-state index contributed by atoms with van der Waals surface area (Å²) in [5.41, 5.74) is 1.30. The first-order chi connectivity index (χ1) is 9.08. The molecule has 2 N–H and O–H groups in total. The molecule has 0 aliphatic rings. The third-order valence-electron chi connectivity index (χ3n) is 2.44. The molecule has 0 unspecified atom stereocenters. The summed E-state index contributed by atoms with van der Waals surface area (Å²) in [6.07, 6.45) is 0. The zero-order valence-electron chi connectivity index (χ0n) is 10.7. The van der Waals surface area contributed by atoms with Crippen LogP contribution in [0.1, 0.15) is 11.3 Å². The van der Waals surface area contributed by atoms with Gasteiger partial charge in [-0.3, -0.25) is 4.79 Å². The molecule has 1 aromatic heterocycles. The van der Waals surface area contributed by atoms with Crippen LogP contribution in [0.4, 0.5) is 4.39 Å². The van der Waals surface area contributed by atoms with Gasteiger partial charge in [0.15, 0.2) is 5.16 Å². The first kappa shape index (κ1) is 13.8. The van der Waals surface area contributed by atoms with Gasteiger partial charge in [0.2, 0.25) is 0 Å². The van der Waals surface area contributed by atoms with E-state index in [1.54, 1.807) is 20.0 Å². The van der Waals surface area contributed by atoms with Crippen LogP contribution >= 0.6 is 11.8 Å².